The maximum Gasteiger partial charge on any atom is 0.336 e. The summed E-state index contributed by atoms with van der Waals surface area (Å²) in [4.78, 5) is 12.0. The van der Waals surface area contributed by atoms with Crippen LogP contribution in [0.5, 0.6) is 28.7 Å². The van der Waals surface area contributed by atoms with Crippen molar-refractivity contribution in [1.82, 2.24) is 0 Å². The van der Waals surface area contributed by atoms with E-state index in [1.165, 1.54) is 26.4 Å². The lowest BCUT2D eigenvalue weighted by Crippen LogP contribution is -2.04. The molecule has 25 heavy (non-hydrogen) atoms. The summed E-state index contributed by atoms with van der Waals surface area (Å²) >= 11 is 0. The van der Waals surface area contributed by atoms with E-state index in [1.54, 1.807) is 36.4 Å². The minimum Gasteiger partial charge on any atom is -0.504 e. The fraction of sp³-hybridized carbons (Fsp3) is 0.211. The monoisotopic (exact) mass is 344 g/mol. The Morgan fingerprint density at radius 3 is 2.48 bits per heavy atom. The van der Waals surface area contributed by atoms with Crippen molar-refractivity contribution in [3.05, 3.63) is 48.0 Å². The molecule has 0 spiro atoms. The van der Waals surface area contributed by atoms with Crippen LogP contribution in [-0.4, -0.2) is 31.9 Å². The van der Waals surface area contributed by atoms with Gasteiger partial charge in [0, 0.05) is 12.1 Å². The number of esters is 1. The Bertz CT molecular complexity index is 767. The summed E-state index contributed by atoms with van der Waals surface area (Å²) in [5, 5.41) is 9.55. The van der Waals surface area contributed by atoms with Crippen LogP contribution in [0, 0.1) is 0 Å². The zero-order valence-corrected chi connectivity index (χ0v) is 14.3. The van der Waals surface area contributed by atoms with Crippen LogP contribution in [0.1, 0.15) is 12.5 Å². The molecule has 0 heterocycles. The third-order valence-electron chi connectivity index (χ3n) is 3.27. The summed E-state index contributed by atoms with van der Waals surface area (Å²) in [7, 11) is 2.97. The van der Waals surface area contributed by atoms with E-state index in [0.29, 0.717) is 35.2 Å². The highest BCUT2D eigenvalue weighted by molar-refractivity contribution is 5.88. The molecule has 2 rings (SSSR count). The minimum absolute atomic E-state index is 0.0312. The second-order valence-corrected chi connectivity index (χ2v) is 4.93. The fourth-order valence-corrected chi connectivity index (χ4v) is 2.10. The molecular weight excluding hydrogens is 324 g/mol. The topological polar surface area (TPSA) is 74.2 Å². The lowest BCUT2D eigenvalue weighted by Gasteiger charge is -2.10. The van der Waals surface area contributed by atoms with Gasteiger partial charge < -0.3 is 24.1 Å². The van der Waals surface area contributed by atoms with Gasteiger partial charge in [0.15, 0.2) is 23.0 Å². The van der Waals surface area contributed by atoms with Gasteiger partial charge in [0.25, 0.3) is 0 Å². The van der Waals surface area contributed by atoms with Gasteiger partial charge in [-0.15, -0.1) is 0 Å². The molecular formula is C19H20O6. The van der Waals surface area contributed by atoms with Crippen LogP contribution < -0.4 is 18.9 Å². The van der Waals surface area contributed by atoms with Crippen molar-refractivity contribution in [1.29, 1.82) is 0 Å². The van der Waals surface area contributed by atoms with E-state index in [2.05, 4.69) is 0 Å². The molecule has 6 heteroatoms. The highest BCUT2D eigenvalue weighted by Crippen LogP contribution is 2.31. The molecule has 2 aromatic rings. The molecule has 6 nitrogen and oxygen atoms in total. The van der Waals surface area contributed by atoms with Crippen molar-refractivity contribution in [2.45, 2.75) is 6.92 Å². The van der Waals surface area contributed by atoms with Crippen molar-refractivity contribution in [2.75, 3.05) is 20.8 Å². The lowest BCUT2D eigenvalue weighted by atomic mass is 10.2. The molecule has 1 N–H and O–H groups in total. The van der Waals surface area contributed by atoms with Gasteiger partial charge in [-0.3, -0.25) is 0 Å². The number of benzene rings is 2. The van der Waals surface area contributed by atoms with Crippen molar-refractivity contribution >= 4 is 12.0 Å². The van der Waals surface area contributed by atoms with Crippen molar-refractivity contribution < 1.29 is 28.8 Å². The average Bonchev–Trinajstić information content (AvgIpc) is 2.62. The second kappa shape index (κ2) is 8.63. The Balaban J connectivity index is 2.07. The summed E-state index contributed by atoms with van der Waals surface area (Å²) in [5.74, 6) is 1.22. The molecule has 0 saturated heterocycles. The Morgan fingerprint density at radius 1 is 1.04 bits per heavy atom. The minimum atomic E-state index is -0.543. The molecule has 0 aromatic heterocycles. The van der Waals surface area contributed by atoms with E-state index in [-0.39, 0.29) is 5.75 Å². The Labute approximate surface area is 146 Å². The van der Waals surface area contributed by atoms with Crippen LogP contribution in [0.15, 0.2) is 42.5 Å². The van der Waals surface area contributed by atoms with E-state index in [4.69, 9.17) is 18.9 Å². The Hall–Kier alpha value is -3.15. The first-order valence-electron chi connectivity index (χ1n) is 7.65. The molecule has 0 atom stereocenters. The fourth-order valence-electron chi connectivity index (χ4n) is 2.10. The molecule has 0 saturated carbocycles. The second-order valence-electron chi connectivity index (χ2n) is 4.93. The van der Waals surface area contributed by atoms with Gasteiger partial charge in [0.05, 0.1) is 20.8 Å². The number of carbonyl (C=O) groups excluding carboxylic acids is 1. The SMILES string of the molecule is CCOc1ccc(OC(=O)/C=C/c2ccc(O)c(OC)c2)cc1OC. The normalized spacial score (nSPS) is 10.5. The summed E-state index contributed by atoms with van der Waals surface area (Å²) in [6.45, 7) is 2.38. The van der Waals surface area contributed by atoms with Crippen molar-refractivity contribution in [3.63, 3.8) is 0 Å². The van der Waals surface area contributed by atoms with Gasteiger partial charge >= 0.3 is 5.97 Å². The quantitative estimate of drug-likeness (QED) is 0.471. The van der Waals surface area contributed by atoms with Gasteiger partial charge in [0.2, 0.25) is 0 Å². The predicted molar refractivity (Wildman–Crippen MR) is 93.5 cm³/mol. The first kappa shape index (κ1) is 18.2. The van der Waals surface area contributed by atoms with Crippen LogP contribution in [0.3, 0.4) is 0 Å². The maximum absolute atomic E-state index is 12.0. The number of phenols is 1. The Kier molecular flexibility index (Phi) is 6.28. The number of methoxy groups -OCH3 is 2. The average molecular weight is 344 g/mol. The molecule has 132 valence electrons. The summed E-state index contributed by atoms with van der Waals surface area (Å²) in [6.07, 6.45) is 2.85. The number of rotatable bonds is 7. The number of carbonyl (C=O) groups is 1. The van der Waals surface area contributed by atoms with E-state index in [1.807, 2.05) is 6.92 Å². The third kappa shape index (κ3) is 4.91. The highest BCUT2D eigenvalue weighted by atomic mass is 16.5. The lowest BCUT2D eigenvalue weighted by molar-refractivity contribution is -0.128. The summed E-state index contributed by atoms with van der Waals surface area (Å²) < 4.78 is 20.9. The van der Waals surface area contributed by atoms with Gasteiger partial charge in [-0.25, -0.2) is 4.79 Å². The van der Waals surface area contributed by atoms with E-state index in [0.717, 1.165) is 0 Å². The first-order valence-corrected chi connectivity index (χ1v) is 7.65. The van der Waals surface area contributed by atoms with Crippen molar-refractivity contribution in [2.24, 2.45) is 0 Å². The molecule has 0 aliphatic heterocycles. The first-order chi connectivity index (χ1) is 12.1. The molecule has 0 amide bonds. The third-order valence-corrected chi connectivity index (χ3v) is 3.27. The largest absolute Gasteiger partial charge is 0.504 e. The molecule has 2 aromatic carbocycles. The summed E-state index contributed by atoms with van der Waals surface area (Å²) in [6, 6.07) is 9.64. The molecule has 0 aliphatic rings. The highest BCUT2D eigenvalue weighted by Gasteiger charge is 2.08. The van der Waals surface area contributed by atoms with Gasteiger partial charge in [-0.05, 0) is 42.8 Å². The van der Waals surface area contributed by atoms with Gasteiger partial charge in [0.1, 0.15) is 5.75 Å². The van der Waals surface area contributed by atoms with E-state index >= 15 is 0 Å². The van der Waals surface area contributed by atoms with E-state index < -0.39 is 5.97 Å². The molecule has 0 fully saturated rings. The molecule has 0 unspecified atom stereocenters. The van der Waals surface area contributed by atoms with Crippen LogP contribution in [0.2, 0.25) is 0 Å². The zero-order valence-electron chi connectivity index (χ0n) is 14.3. The van der Waals surface area contributed by atoms with Gasteiger partial charge in [-0.1, -0.05) is 6.07 Å². The number of ether oxygens (including phenoxy) is 4. The predicted octanol–water partition coefficient (Wildman–Crippen LogP) is 3.43. The van der Waals surface area contributed by atoms with Gasteiger partial charge in [-0.2, -0.15) is 0 Å². The van der Waals surface area contributed by atoms with Crippen molar-refractivity contribution in [3.8, 4) is 28.7 Å². The Morgan fingerprint density at radius 2 is 1.80 bits per heavy atom. The van der Waals surface area contributed by atoms with E-state index in [9.17, 15) is 9.90 Å². The zero-order chi connectivity index (χ0) is 18.2. The number of aromatic hydroxyl groups is 1. The molecule has 0 bridgehead atoms. The smallest absolute Gasteiger partial charge is 0.336 e. The van der Waals surface area contributed by atoms with Crippen LogP contribution in [0.4, 0.5) is 0 Å². The number of hydrogen-bond donors (Lipinski definition) is 1. The number of hydrogen-bond acceptors (Lipinski definition) is 6. The number of phenolic OH excluding ortho intramolecular Hbond substituents is 1. The van der Waals surface area contributed by atoms with Crippen LogP contribution in [-0.2, 0) is 4.79 Å². The standard InChI is InChI=1S/C19H20O6/c1-4-24-16-9-7-14(12-18(16)23-3)25-19(21)10-6-13-5-8-15(20)17(11-13)22-2/h5-12,20H,4H2,1-3H3/b10-6+. The van der Waals surface area contributed by atoms with Crippen LogP contribution >= 0.6 is 0 Å². The molecule has 0 radical (unpaired) electrons. The maximum atomic E-state index is 12.0. The van der Waals surface area contributed by atoms with Crippen LogP contribution in [0.25, 0.3) is 6.08 Å². The summed E-state index contributed by atoms with van der Waals surface area (Å²) in [5.41, 5.74) is 0.691. The molecule has 0 aliphatic carbocycles.